The fraction of sp³-hybridized carbons (Fsp3) is 0.600. The molecular formula is C10H21NO. The minimum absolute atomic E-state index is 1.19. The van der Waals surface area contributed by atoms with E-state index < -0.39 is 0 Å². The van der Waals surface area contributed by atoms with Crippen LogP contribution < -0.4 is 0 Å². The van der Waals surface area contributed by atoms with Gasteiger partial charge in [0.2, 0.25) is 0 Å². The Balaban J connectivity index is 0. The first-order valence-electron chi connectivity index (χ1n) is 4.36. The molecule has 0 aromatic rings. The standard InChI is InChI=1S/C6H15N.C4H6O/c1-4-7(5-2)6-3;1-3-5-4-2/h4-6H2,1-3H3;3-4H,1-2H2. The average Bonchev–Trinajstić information content (AvgIpc) is 2.10. The monoisotopic (exact) mass is 171 g/mol. The molecule has 0 aliphatic heterocycles. The van der Waals surface area contributed by atoms with Crippen LogP contribution in [-0.4, -0.2) is 24.5 Å². The average molecular weight is 171 g/mol. The highest BCUT2D eigenvalue weighted by Crippen LogP contribution is 1.81. The first kappa shape index (κ1) is 13.8. The predicted molar refractivity (Wildman–Crippen MR) is 54.9 cm³/mol. The molecule has 0 amide bonds. The lowest BCUT2D eigenvalue weighted by Crippen LogP contribution is -2.21. The summed E-state index contributed by atoms with van der Waals surface area (Å²) in [7, 11) is 0. The van der Waals surface area contributed by atoms with E-state index in [0.29, 0.717) is 0 Å². The maximum absolute atomic E-state index is 4.36. The van der Waals surface area contributed by atoms with Crippen molar-refractivity contribution in [2.45, 2.75) is 20.8 Å². The number of hydrogen-bond acceptors (Lipinski definition) is 2. The molecule has 0 saturated carbocycles. The zero-order valence-electron chi connectivity index (χ0n) is 8.55. The van der Waals surface area contributed by atoms with Crippen molar-refractivity contribution in [3.63, 3.8) is 0 Å². The molecule has 0 bridgehead atoms. The van der Waals surface area contributed by atoms with Crippen LogP contribution in [0.3, 0.4) is 0 Å². The second-order valence-corrected chi connectivity index (χ2v) is 2.09. The molecule has 2 nitrogen and oxygen atoms in total. The van der Waals surface area contributed by atoms with Gasteiger partial charge in [-0.2, -0.15) is 0 Å². The predicted octanol–water partition coefficient (Wildman–Crippen LogP) is 2.64. The Morgan fingerprint density at radius 1 is 1.00 bits per heavy atom. The fourth-order valence-corrected chi connectivity index (χ4v) is 0.739. The minimum Gasteiger partial charge on any atom is -0.474 e. The van der Waals surface area contributed by atoms with Gasteiger partial charge < -0.3 is 9.64 Å². The Morgan fingerprint density at radius 2 is 1.33 bits per heavy atom. The van der Waals surface area contributed by atoms with Crippen molar-refractivity contribution >= 4 is 0 Å². The summed E-state index contributed by atoms with van der Waals surface area (Å²) in [5.41, 5.74) is 0. The van der Waals surface area contributed by atoms with E-state index in [1.165, 1.54) is 32.2 Å². The Kier molecular flexibility index (Phi) is 14.8. The van der Waals surface area contributed by atoms with Gasteiger partial charge in [0.15, 0.2) is 0 Å². The molecule has 0 saturated heterocycles. The van der Waals surface area contributed by atoms with Gasteiger partial charge in [-0.25, -0.2) is 0 Å². The van der Waals surface area contributed by atoms with E-state index in [0.717, 1.165) is 0 Å². The van der Waals surface area contributed by atoms with Crippen molar-refractivity contribution in [1.82, 2.24) is 4.90 Å². The van der Waals surface area contributed by atoms with Gasteiger partial charge in [0, 0.05) is 0 Å². The Bertz CT molecular complexity index is 86.5. The highest BCUT2D eigenvalue weighted by molar-refractivity contribution is 4.57. The molecule has 0 heterocycles. The minimum atomic E-state index is 1.19. The van der Waals surface area contributed by atoms with Crippen LogP contribution in [0.25, 0.3) is 0 Å². The zero-order valence-corrected chi connectivity index (χ0v) is 8.55. The van der Waals surface area contributed by atoms with Gasteiger partial charge in [-0.1, -0.05) is 33.9 Å². The number of rotatable bonds is 5. The van der Waals surface area contributed by atoms with Crippen LogP contribution in [0, 0.1) is 0 Å². The molecule has 0 spiro atoms. The number of hydrogen-bond donors (Lipinski definition) is 0. The molecule has 12 heavy (non-hydrogen) atoms. The molecule has 0 unspecified atom stereocenters. The summed E-state index contributed by atoms with van der Waals surface area (Å²) >= 11 is 0. The first-order chi connectivity index (χ1) is 5.76. The first-order valence-corrected chi connectivity index (χ1v) is 4.36. The van der Waals surface area contributed by atoms with Crippen LogP contribution in [0.2, 0.25) is 0 Å². The Hall–Kier alpha value is -0.760. The second-order valence-electron chi connectivity index (χ2n) is 2.09. The Labute approximate surface area is 76.5 Å². The molecule has 0 aromatic heterocycles. The van der Waals surface area contributed by atoms with Crippen LogP contribution in [0.4, 0.5) is 0 Å². The van der Waals surface area contributed by atoms with Crippen molar-refractivity contribution in [2.24, 2.45) is 0 Å². The second kappa shape index (κ2) is 12.9. The normalized spacial score (nSPS) is 8.33. The molecule has 0 aliphatic rings. The SMILES string of the molecule is C=COC=C.CCN(CC)CC. The van der Waals surface area contributed by atoms with Crippen molar-refractivity contribution in [3.8, 4) is 0 Å². The van der Waals surface area contributed by atoms with Gasteiger partial charge in [-0.05, 0) is 19.6 Å². The van der Waals surface area contributed by atoms with E-state index in [1.54, 1.807) is 0 Å². The van der Waals surface area contributed by atoms with Gasteiger partial charge in [0.1, 0.15) is 0 Å². The molecule has 0 radical (unpaired) electrons. The number of ether oxygens (including phenoxy) is 1. The third kappa shape index (κ3) is 12.0. The highest BCUT2D eigenvalue weighted by Gasteiger charge is 1.89. The molecule has 2 heteroatoms. The summed E-state index contributed by atoms with van der Waals surface area (Å²) in [6, 6.07) is 0. The molecule has 0 aliphatic carbocycles. The quantitative estimate of drug-likeness (QED) is 0.590. The largest absolute Gasteiger partial charge is 0.474 e. The maximum Gasteiger partial charge on any atom is 0.0829 e. The van der Waals surface area contributed by atoms with Crippen LogP contribution in [0.1, 0.15) is 20.8 Å². The van der Waals surface area contributed by atoms with Crippen LogP contribution in [0.5, 0.6) is 0 Å². The lowest BCUT2D eigenvalue weighted by atomic mass is 10.5. The molecule has 0 atom stereocenters. The highest BCUT2D eigenvalue weighted by atomic mass is 16.5. The van der Waals surface area contributed by atoms with Gasteiger partial charge >= 0.3 is 0 Å². The van der Waals surface area contributed by atoms with Crippen LogP contribution in [-0.2, 0) is 4.74 Å². The van der Waals surface area contributed by atoms with E-state index in [2.05, 4.69) is 43.6 Å². The zero-order chi connectivity index (χ0) is 9.82. The van der Waals surface area contributed by atoms with E-state index in [4.69, 9.17) is 0 Å². The fourth-order valence-electron chi connectivity index (χ4n) is 0.739. The smallest absolute Gasteiger partial charge is 0.0829 e. The van der Waals surface area contributed by atoms with Crippen molar-refractivity contribution in [2.75, 3.05) is 19.6 Å². The third-order valence-corrected chi connectivity index (χ3v) is 1.53. The summed E-state index contributed by atoms with van der Waals surface area (Å²) in [6.07, 6.45) is 2.62. The third-order valence-electron chi connectivity index (χ3n) is 1.53. The summed E-state index contributed by atoms with van der Waals surface area (Å²) in [4.78, 5) is 2.38. The molecule has 0 fully saturated rings. The van der Waals surface area contributed by atoms with E-state index >= 15 is 0 Å². The molecule has 0 N–H and O–H groups in total. The molecule has 0 aromatic carbocycles. The Morgan fingerprint density at radius 3 is 1.33 bits per heavy atom. The summed E-state index contributed by atoms with van der Waals surface area (Å²) < 4.78 is 4.36. The number of nitrogens with zero attached hydrogens (tertiary/aromatic N) is 1. The van der Waals surface area contributed by atoms with Gasteiger partial charge in [0.05, 0.1) is 12.5 Å². The summed E-state index contributed by atoms with van der Waals surface area (Å²) in [6.45, 7) is 16.6. The lowest BCUT2D eigenvalue weighted by molar-refractivity contribution is 0.321. The van der Waals surface area contributed by atoms with Crippen molar-refractivity contribution < 1.29 is 4.74 Å². The van der Waals surface area contributed by atoms with E-state index in [1.807, 2.05) is 0 Å². The topological polar surface area (TPSA) is 12.5 Å². The molecule has 0 rings (SSSR count). The van der Waals surface area contributed by atoms with E-state index in [9.17, 15) is 0 Å². The van der Waals surface area contributed by atoms with Crippen LogP contribution >= 0.6 is 0 Å². The summed E-state index contributed by atoms with van der Waals surface area (Å²) in [5, 5.41) is 0. The van der Waals surface area contributed by atoms with E-state index in [-0.39, 0.29) is 0 Å². The molecular weight excluding hydrogens is 150 g/mol. The maximum atomic E-state index is 4.36. The molecule has 72 valence electrons. The van der Waals surface area contributed by atoms with Crippen molar-refractivity contribution in [3.05, 3.63) is 25.7 Å². The van der Waals surface area contributed by atoms with Crippen molar-refractivity contribution in [1.29, 1.82) is 0 Å². The van der Waals surface area contributed by atoms with Gasteiger partial charge in [-0.3, -0.25) is 0 Å². The summed E-state index contributed by atoms with van der Waals surface area (Å²) in [5.74, 6) is 0. The van der Waals surface area contributed by atoms with Gasteiger partial charge in [0.25, 0.3) is 0 Å². The van der Waals surface area contributed by atoms with Gasteiger partial charge in [-0.15, -0.1) is 0 Å². The lowest BCUT2D eigenvalue weighted by Gasteiger charge is -2.13. The van der Waals surface area contributed by atoms with Crippen LogP contribution in [0.15, 0.2) is 25.7 Å².